The third-order valence-corrected chi connectivity index (χ3v) is 4.32. The molecule has 9 heteroatoms. The summed E-state index contributed by atoms with van der Waals surface area (Å²) < 4.78 is 5.56. The van der Waals surface area contributed by atoms with Crippen molar-refractivity contribution in [3.05, 3.63) is 64.8 Å². The predicted octanol–water partition coefficient (Wildman–Crippen LogP) is 5.34. The smallest absolute Gasteiger partial charge is 0.266 e. The van der Waals surface area contributed by atoms with Crippen LogP contribution in [0.4, 0.5) is 23.1 Å². The molecule has 3 N–H and O–H groups in total. The van der Waals surface area contributed by atoms with Gasteiger partial charge < -0.3 is 20.7 Å². The molecule has 0 fully saturated rings. The van der Waals surface area contributed by atoms with Crippen molar-refractivity contribution in [3.8, 4) is 5.75 Å². The lowest BCUT2D eigenvalue weighted by atomic mass is 10.3. The first kappa shape index (κ1) is 19.2. The van der Waals surface area contributed by atoms with Gasteiger partial charge in [-0.05, 0) is 42.5 Å². The fourth-order valence-corrected chi connectivity index (χ4v) is 2.66. The van der Waals surface area contributed by atoms with Crippen LogP contribution in [0.15, 0.2) is 54.7 Å². The van der Waals surface area contributed by atoms with Crippen molar-refractivity contribution in [1.82, 2.24) is 9.97 Å². The van der Waals surface area contributed by atoms with Gasteiger partial charge in [-0.15, -0.1) is 0 Å². The first-order valence-corrected chi connectivity index (χ1v) is 9.02. The Morgan fingerprint density at radius 2 is 1.85 bits per heavy atom. The molecule has 0 radical (unpaired) electrons. The van der Waals surface area contributed by atoms with Crippen molar-refractivity contribution in [2.24, 2.45) is 0 Å². The minimum Gasteiger partial charge on any atom is -0.432 e. The Morgan fingerprint density at radius 1 is 1.07 bits per heavy atom. The molecule has 27 heavy (non-hydrogen) atoms. The predicted molar refractivity (Wildman–Crippen MR) is 115 cm³/mol. The summed E-state index contributed by atoms with van der Waals surface area (Å²) in [6.07, 6.45) is 1.60. The molecule has 0 aliphatic carbocycles. The number of hydrogen-bond donors (Lipinski definition) is 3. The third-order valence-electron chi connectivity index (χ3n) is 3.39. The highest BCUT2D eigenvalue weighted by atomic mass is 35.5. The maximum Gasteiger partial charge on any atom is 0.266 e. The minimum atomic E-state index is 0.187. The van der Waals surface area contributed by atoms with Crippen LogP contribution in [0.25, 0.3) is 0 Å². The van der Waals surface area contributed by atoms with E-state index in [1.165, 1.54) is 0 Å². The van der Waals surface area contributed by atoms with Crippen molar-refractivity contribution in [3.63, 3.8) is 0 Å². The Hall–Kier alpha value is -2.61. The fourth-order valence-electron chi connectivity index (χ4n) is 2.16. The Labute approximate surface area is 171 Å². The quantitative estimate of drug-likeness (QED) is 0.481. The van der Waals surface area contributed by atoms with Crippen molar-refractivity contribution in [1.29, 1.82) is 0 Å². The number of nitrogens with zero attached hydrogens (tertiary/aromatic N) is 2. The van der Waals surface area contributed by atoms with Gasteiger partial charge in [0.1, 0.15) is 11.4 Å². The van der Waals surface area contributed by atoms with Crippen LogP contribution in [0.2, 0.25) is 10.0 Å². The average molecular weight is 420 g/mol. The van der Waals surface area contributed by atoms with Gasteiger partial charge in [0.2, 0.25) is 5.95 Å². The summed E-state index contributed by atoms with van der Waals surface area (Å²) in [5.74, 6) is 1.57. The van der Waals surface area contributed by atoms with E-state index in [0.29, 0.717) is 33.2 Å². The highest BCUT2D eigenvalue weighted by Gasteiger charge is 2.10. The van der Waals surface area contributed by atoms with Crippen molar-refractivity contribution >= 4 is 63.7 Å². The topological polar surface area (TPSA) is 71.1 Å². The number of hydrogen-bond acceptors (Lipinski definition) is 6. The molecule has 0 bridgehead atoms. The van der Waals surface area contributed by atoms with Crippen LogP contribution in [0.5, 0.6) is 5.75 Å². The summed E-state index contributed by atoms with van der Waals surface area (Å²) in [6, 6.07) is 14.4. The number of benzene rings is 2. The number of ether oxygens (including phenoxy) is 1. The lowest BCUT2D eigenvalue weighted by Crippen LogP contribution is -2.18. The van der Waals surface area contributed by atoms with E-state index in [0.717, 1.165) is 5.69 Å². The molecule has 2 aromatic carbocycles. The van der Waals surface area contributed by atoms with Gasteiger partial charge in [-0.2, -0.15) is 4.98 Å². The summed E-state index contributed by atoms with van der Waals surface area (Å²) in [5.41, 5.74) is 1.30. The number of para-hydroxylation sites is 1. The molecule has 0 saturated carbocycles. The van der Waals surface area contributed by atoms with Gasteiger partial charge in [-0.25, -0.2) is 4.98 Å². The number of rotatable bonds is 5. The standard InChI is InChI=1S/C18H15Cl2N5OS/c1-21-16-15(24-18(27)26-12-5-3-2-4-6-12)10-22-17(25-16)23-11-7-8-13(19)14(20)9-11/h2-10H,1H3,(H,24,27)(H2,21,22,23,25). The normalized spacial score (nSPS) is 10.2. The van der Waals surface area contributed by atoms with Crippen LogP contribution < -0.4 is 20.7 Å². The molecule has 3 aromatic rings. The monoisotopic (exact) mass is 419 g/mol. The van der Waals surface area contributed by atoms with Crippen LogP contribution in [-0.4, -0.2) is 22.2 Å². The highest BCUT2D eigenvalue weighted by molar-refractivity contribution is 7.80. The summed E-state index contributed by atoms with van der Waals surface area (Å²) in [5, 5.41) is 10.1. The molecule has 138 valence electrons. The summed E-state index contributed by atoms with van der Waals surface area (Å²) >= 11 is 17.2. The van der Waals surface area contributed by atoms with E-state index in [1.807, 2.05) is 30.3 Å². The van der Waals surface area contributed by atoms with E-state index < -0.39 is 0 Å². The lowest BCUT2D eigenvalue weighted by Gasteiger charge is -2.13. The van der Waals surface area contributed by atoms with Crippen LogP contribution >= 0.6 is 35.4 Å². The van der Waals surface area contributed by atoms with Gasteiger partial charge >= 0.3 is 0 Å². The minimum absolute atomic E-state index is 0.187. The molecule has 1 heterocycles. The molecule has 0 aliphatic rings. The highest BCUT2D eigenvalue weighted by Crippen LogP contribution is 2.27. The Bertz CT molecular complexity index is 956. The summed E-state index contributed by atoms with van der Waals surface area (Å²) in [7, 11) is 1.75. The number of aromatic nitrogens is 2. The second-order valence-electron chi connectivity index (χ2n) is 5.29. The van der Waals surface area contributed by atoms with Crippen LogP contribution in [0, 0.1) is 0 Å². The Morgan fingerprint density at radius 3 is 2.56 bits per heavy atom. The zero-order valence-corrected chi connectivity index (χ0v) is 16.5. The number of nitrogens with one attached hydrogen (secondary N) is 3. The zero-order chi connectivity index (χ0) is 19.2. The van der Waals surface area contributed by atoms with Crippen LogP contribution in [0.3, 0.4) is 0 Å². The van der Waals surface area contributed by atoms with E-state index in [2.05, 4.69) is 25.9 Å². The molecule has 0 atom stereocenters. The first-order valence-electron chi connectivity index (χ1n) is 7.86. The fraction of sp³-hybridized carbons (Fsp3) is 0.0556. The molecular formula is C18H15Cl2N5OS. The molecule has 3 rings (SSSR count). The van der Waals surface area contributed by atoms with E-state index in [-0.39, 0.29) is 5.17 Å². The number of halogens is 2. The first-order chi connectivity index (χ1) is 13.0. The second kappa shape index (κ2) is 8.85. The lowest BCUT2D eigenvalue weighted by molar-refractivity contribution is 0.563. The SMILES string of the molecule is CNc1nc(Nc2ccc(Cl)c(Cl)c2)ncc1NC(=S)Oc1ccccc1. The summed E-state index contributed by atoms with van der Waals surface area (Å²) in [6.45, 7) is 0. The van der Waals surface area contributed by atoms with Gasteiger partial charge in [0.05, 0.1) is 16.2 Å². The molecular weight excluding hydrogens is 405 g/mol. The van der Waals surface area contributed by atoms with Gasteiger partial charge in [0, 0.05) is 12.7 Å². The van der Waals surface area contributed by atoms with E-state index in [9.17, 15) is 0 Å². The molecule has 0 saturated heterocycles. The second-order valence-corrected chi connectivity index (χ2v) is 6.47. The molecule has 0 spiro atoms. The molecule has 0 unspecified atom stereocenters. The average Bonchev–Trinajstić information content (AvgIpc) is 2.66. The number of thiocarbonyl (C=S) groups is 1. The van der Waals surface area contributed by atoms with Gasteiger partial charge in [-0.3, -0.25) is 0 Å². The van der Waals surface area contributed by atoms with Gasteiger partial charge in [0.25, 0.3) is 5.17 Å². The molecule has 0 amide bonds. The maximum absolute atomic E-state index is 6.02. The Kier molecular flexibility index (Phi) is 6.28. The van der Waals surface area contributed by atoms with E-state index in [1.54, 1.807) is 31.4 Å². The van der Waals surface area contributed by atoms with Gasteiger partial charge in [0.15, 0.2) is 5.82 Å². The largest absolute Gasteiger partial charge is 0.432 e. The maximum atomic E-state index is 6.02. The van der Waals surface area contributed by atoms with Crippen molar-refractivity contribution < 1.29 is 4.74 Å². The Balaban J connectivity index is 1.71. The summed E-state index contributed by atoms with van der Waals surface area (Å²) in [4.78, 5) is 8.69. The zero-order valence-electron chi connectivity index (χ0n) is 14.2. The third kappa shape index (κ3) is 5.19. The molecule has 6 nitrogen and oxygen atoms in total. The molecule has 0 aliphatic heterocycles. The van der Waals surface area contributed by atoms with Crippen molar-refractivity contribution in [2.45, 2.75) is 0 Å². The van der Waals surface area contributed by atoms with E-state index in [4.69, 9.17) is 40.2 Å². The number of anilines is 4. The molecule has 1 aromatic heterocycles. The van der Waals surface area contributed by atoms with Crippen molar-refractivity contribution in [2.75, 3.05) is 23.0 Å². The van der Waals surface area contributed by atoms with Crippen LogP contribution in [-0.2, 0) is 0 Å². The van der Waals surface area contributed by atoms with E-state index >= 15 is 0 Å². The van der Waals surface area contributed by atoms with Crippen LogP contribution in [0.1, 0.15) is 0 Å². The van der Waals surface area contributed by atoms with Gasteiger partial charge in [-0.1, -0.05) is 41.4 Å².